The van der Waals surface area contributed by atoms with Crippen LogP contribution in [0.5, 0.6) is 0 Å². The first kappa shape index (κ1) is 20.3. The highest BCUT2D eigenvalue weighted by molar-refractivity contribution is 8.00. The summed E-state index contributed by atoms with van der Waals surface area (Å²) in [5, 5.41) is 2.47. The molecule has 0 aliphatic carbocycles. The van der Waals surface area contributed by atoms with E-state index in [4.69, 9.17) is 0 Å². The van der Waals surface area contributed by atoms with Crippen molar-refractivity contribution in [2.75, 3.05) is 16.0 Å². The van der Waals surface area contributed by atoms with Gasteiger partial charge in [0, 0.05) is 17.8 Å². The van der Waals surface area contributed by atoms with Crippen molar-refractivity contribution in [3.8, 4) is 0 Å². The Kier molecular flexibility index (Phi) is 5.98. The second-order valence-corrected chi connectivity index (χ2v) is 7.46. The summed E-state index contributed by atoms with van der Waals surface area (Å²) in [6.45, 7) is 1.92. The molecule has 4 nitrogen and oxygen atoms in total. The van der Waals surface area contributed by atoms with E-state index in [0.717, 1.165) is 24.1 Å². The maximum absolute atomic E-state index is 12.8. The number of amides is 2. The predicted molar refractivity (Wildman–Crippen MR) is 104 cm³/mol. The highest BCUT2D eigenvalue weighted by Crippen LogP contribution is 2.42. The number of carbonyl (C=O) groups excluding carboxylic acids is 2. The molecule has 148 valence electrons. The normalized spacial score (nSPS) is 17.1. The fourth-order valence-electron chi connectivity index (χ4n) is 2.94. The number of anilines is 2. The van der Waals surface area contributed by atoms with Crippen LogP contribution >= 0.6 is 11.8 Å². The zero-order valence-corrected chi connectivity index (χ0v) is 15.9. The first-order valence-electron chi connectivity index (χ1n) is 8.80. The molecular weight excluding hydrogens is 389 g/mol. The Morgan fingerprint density at radius 3 is 2.36 bits per heavy atom. The van der Waals surface area contributed by atoms with E-state index in [1.165, 1.54) is 28.8 Å². The minimum absolute atomic E-state index is 0.0629. The minimum Gasteiger partial charge on any atom is -0.326 e. The minimum atomic E-state index is -4.42. The van der Waals surface area contributed by atoms with E-state index in [-0.39, 0.29) is 22.9 Å². The Balaban J connectivity index is 1.79. The average Bonchev–Trinajstić information content (AvgIpc) is 3.03. The quantitative estimate of drug-likeness (QED) is 0.738. The van der Waals surface area contributed by atoms with Crippen molar-refractivity contribution < 1.29 is 22.8 Å². The van der Waals surface area contributed by atoms with Gasteiger partial charge >= 0.3 is 6.18 Å². The molecule has 1 N–H and O–H groups in total. The number of carbonyl (C=O) groups is 2. The summed E-state index contributed by atoms with van der Waals surface area (Å²) in [6.07, 6.45) is -3.22. The number of nitrogens with zero attached hydrogens (tertiary/aromatic N) is 1. The third kappa shape index (κ3) is 4.49. The number of halogens is 3. The van der Waals surface area contributed by atoms with Gasteiger partial charge in [0.15, 0.2) is 0 Å². The third-order valence-electron chi connectivity index (χ3n) is 4.30. The molecule has 0 saturated carbocycles. The van der Waals surface area contributed by atoms with E-state index in [0.29, 0.717) is 17.8 Å². The van der Waals surface area contributed by atoms with E-state index < -0.39 is 11.7 Å². The summed E-state index contributed by atoms with van der Waals surface area (Å²) < 4.78 is 38.3. The van der Waals surface area contributed by atoms with Crippen LogP contribution in [-0.2, 0) is 15.8 Å². The molecule has 1 aliphatic heterocycles. The highest BCUT2D eigenvalue weighted by Gasteiger charge is 2.35. The lowest BCUT2D eigenvalue weighted by Crippen LogP contribution is -2.27. The Hall–Kier alpha value is -2.48. The van der Waals surface area contributed by atoms with Crippen molar-refractivity contribution >= 4 is 35.0 Å². The van der Waals surface area contributed by atoms with Gasteiger partial charge in [-0.1, -0.05) is 19.1 Å². The van der Waals surface area contributed by atoms with Gasteiger partial charge in [0.05, 0.1) is 11.3 Å². The molecular formula is C20H19F3N2O2S. The molecule has 0 spiro atoms. The predicted octanol–water partition coefficient (Wildman–Crippen LogP) is 5.22. The van der Waals surface area contributed by atoms with Crippen LogP contribution in [0.3, 0.4) is 0 Å². The van der Waals surface area contributed by atoms with Crippen LogP contribution in [0.15, 0.2) is 48.5 Å². The van der Waals surface area contributed by atoms with Crippen molar-refractivity contribution in [1.82, 2.24) is 0 Å². The molecule has 0 radical (unpaired) electrons. The molecule has 2 aromatic carbocycles. The Bertz CT molecular complexity index is 851. The largest absolute Gasteiger partial charge is 0.416 e. The molecule has 0 bridgehead atoms. The molecule has 1 saturated heterocycles. The maximum atomic E-state index is 12.8. The first-order chi connectivity index (χ1) is 13.3. The van der Waals surface area contributed by atoms with E-state index in [1.54, 1.807) is 12.1 Å². The van der Waals surface area contributed by atoms with Crippen LogP contribution in [0, 0.1) is 0 Å². The van der Waals surface area contributed by atoms with Crippen molar-refractivity contribution in [2.45, 2.75) is 31.3 Å². The van der Waals surface area contributed by atoms with Crippen molar-refractivity contribution in [2.24, 2.45) is 0 Å². The zero-order valence-electron chi connectivity index (χ0n) is 15.1. The maximum Gasteiger partial charge on any atom is 0.416 e. The van der Waals surface area contributed by atoms with Crippen molar-refractivity contribution in [3.63, 3.8) is 0 Å². The number of thioether (sulfide) groups is 1. The van der Waals surface area contributed by atoms with E-state index in [2.05, 4.69) is 5.32 Å². The molecule has 28 heavy (non-hydrogen) atoms. The molecule has 1 fully saturated rings. The van der Waals surface area contributed by atoms with E-state index >= 15 is 0 Å². The van der Waals surface area contributed by atoms with E-state index in [1.807, 2.05) is 19.1 Å². The summed E-state index contributed by atoms with van der Waals surface area (Å²) in [6, 6.07) is 11.8. The lowest BCUT2D eigenvalue weighted by Gasteiger charge is -2.25. The average molecular weight is 408 g/mol. The van der Waals surface area contributed by atoms with Crippen LogP contribution in [0.1, 0.15) is 36.3 Å². The summed E-state index contributed by atoms with van der Waals surface area (Å²) in [5.74, 6) is 0.0304. The Morgan fingerprint density at radius 1 is 1.14 bits per heavy atom. The number of benzene rings is 2. The standard InChI is InChI=1S/C20H19F3N2O2S/c1-2-3-17(26)24-15-8-4-13(5-9-15)19-25(18(27)12-28-19)16-10-6-14(7-11-16)20(21,22)23/h4-11,19H,2-3,12H2,1H3,(H,24,26)/t19-/m1/s1. The molecule has 1 atom stereocenters. The fraction of sp³-hybridized carbons (Fsp3) is 0.300. The summed E-state index contributed by atoms with van der Waals surface area (Å²) in [7, 11) is 0. The first-order valence-corrected chi connectivity index (χ1v) is 9.85. The monoisotopic (exact) mass is 408 g/mol. The SMILES string of the molecule is CCCC(=O)Nc1ccc([C@H]2SCC(=O)N2c2ccc(C(F)(F)F)cc2)cc1. The summed E-state index contributed by atoms with van der Waals surface area (Å²) >= 11 is 1.41. The van der Waals surface area contributed by atoms with Gasteiger partial charge in [-0.25, -0.2) is 0 Å². The number of hydrogen-bond acceptors (Lipinski definition) is 3. The highest BCUT2D eigenvalue weighted by atomic mass is 32.2. The number of hydrogen-bond donors (Lipinski definition) is 1. The molecule has 2 amide bonds. The Labute approximate surface area is 165 Å². The van der Waals surface area contributed by atoms with Crippen LogP contribution in [0.2, 0.25) is 0 Å². The topological polar surface area (TPSA) is 49.4 Å². The number of nitrogens with one attached hydrogen (secondary N) is 1. The molecule has 2 aromatic rings. The van der Waals surface area contributed by atoms with Gasteiger partial charge in [-0.2, -0.15) is 13.2 Å². The van der Waals surface area contributed by atoms with Crippen LogP contribution in [-0.4, -0.2) is 17.6 Å². The molecule has 0 unspecified atom stereocenters. The fourth-order valence-corrected chi connectivity index (χ4v) is 4.12. The lowest BCUT2D eigenvalue weighted by atomic mass is 10.1. The zero-order chi connectivity index (χ0) is 20.3. The van der Waals surface area contributed by atoms with Crippen LogP contribution < -0.4 is 10.2 Å². The van der Waals surface area contributed by atoms with Gasteiger partial charge in [0.25, 0.3) is 0 Å². The van der Waals surface area contributed by atoms with Gasteiger partial charge < -0.3 is 5.32 Å². The lowest BCUT2D eigenvalue weighted by molar-refractivity contribution is -0.137. The van der Waals surface area contributed by atoms with Gasteiger partial charge in [0.2, 0.25) is 11.8 Å². The van der Waals surface area contributed by atoms with Crippen molar-refractivity contribution in [3.05, 3.63) is 59.7 Å². The van der Waals surface area contributed by atoms with Crippen LogP contribution in [0.4, 0.5) is 24.5 Å². The summed E-state index contributed by atoms with van der Waals surface area (Å²) in [5.41, 5.74) is 1.18. The molecule has 8 heteroatoms. The van der Waals surface area contributed by atoms with Gasteiger partial charge in [-0.15, -0.1) is 11.8 Å². The Morgan fingerprint density at radius 2 is 1.79 bits per heavy atom. The molecule has 3 rings (SSSR count). The van der Waals surface area contributed by atoms with E-state index in [9.17, 15) is 22.8 Å². The summed E-state index contributed by atoms with van der Waals surface area (Å²) in [4.78, 5) is 25.5. The second-order valence-electron chi connectivity index (χ2n) is 6.39. The molecule has 0 aromatic heterocycles. The number of alkyl halides is 3. The van der Waals surface area contributed by atoms with Gasteiger partial charge in [-0.3, -0.25) is 14.5 Å². The van der Waals surface area contributed by atoms with Gasteiger partial charge in [0.1, 0.15) is 5.37 Å². The van der Waals surface area contributed by atoms with Crippen molar-refractivity contribution in [1.29, 1.82) is 0 Å². The van der Waals surface area contributed by atoms with Crippen LogP contribution in [0.25, 0.3) is 0 Å². The molecule has 1 aliphatic rings. The second kappa shape index (κ2) is 8.26. The van der Waals surface area contributed by atoms with Gasteiger partial charge in [-0.05, 0) is 48.4 Å². The third-order valence-corrected chi connectivity index (χ3v) is 5.51. The molecule has 1 heterocycles. The number of rotatable bonds is 5. The smallest absolute Gasteiger partial charge is 0.326 e.